The second-order valence-electron chi connectivity index (χ2n) is 5.54. The van der Waals surface area contributed by atoms with Gasteiger partial charge in [-0.25, -0.2) is 4.98 Å². The third kappa shape index (κ3) is 4.02. The fraction of sp³-hybridized carbons (Fsp3) is 0.600. The van der Waals surface area contributed by atoms with E-state index in [0.717, 1.165) is 24.6 Å². The van der Waals surface area contributed by atoms with Gasteiger partial charge in [-0.1, -0.05) is 0 Å². The summed E-state index contributed by atoms with van der Waals surface area (Å²) >= 11 is 0. The van der Waals surface area contributed by atoms with Gasteiger partial charge in [0.2, 0.25) is 0 Å². The average molecular weight is 258 g/mol. The third-order valence-corrected chi connectivity index (χ3v) is 3.75. The zero-order valence-electron chi connectivity index (χ0n) is 11.8. The van der Waals surface area contributed by atoms with Gasteiger partial charge in [0.05, 0.1) is 0 Å². The van der Waals surface area contributed by atoms with Gasteiger partial charge in [0, 0.05) is 25.3 Å². The van der Waals surface area contributed by atoms with E-state index in [0.29, 0.717) is 11.7 Å². The normalized spacial score (nSPS) is 19.8. The molecule has 0 amide bonds. The van der Waals surface area contributed by atoms with Crippen LogP contribution >= 0.6 is 0 Å². The van der Waals surface area contributed by atoms with E-state index in [4.69, 9.17) is 5.26 Å². The molecular formula is C15H22N4. The molecule has 0 bridgehead atoms. The Balaban J connectivity index is 1.74. The SMILES string of the molecule is CC(C)N1CCC(CNCc2ccnc(C#N)c2)C1. The molecular weight excluding hydrogens is 236 g/mol. The molecule has 4 heteroatoms. The Hall–Kier alpha value is -1.44. The van der Waals surface area contributed by atoms with Crippen molar-refractivity contribution >= 4 is 0 Å². The van der Waals surface area contributed by atoms with E-state index < -0.39 is 0 Å². The molecule has 1 N–H and O–H groups in total. The Kier molecular flexibility index (Phi) is 4.89. The van der Waals surface area contributed by atoms with Crippen LogP contribution in [0.5, 0.6) is 0 Å². The molecule has 0 spiro atoms. The van der Waals surface area contributed by atoms with E-state index >= 15 is 0 Å². The van der Waals surface area contributed by atoms with Crippen molar-refractivity contribution in [3.05, 3.63) is 29.6 Å². The topological polar surface area (TPSA) is 52.0 Å². The highest BCUT2D eigenvalue weighted by Crippen LogP contribution is 2.17. The minimum Gasteiger partial charge on any atom is -0.312 e. The molecule has 19 heavy (non-hydrogen) atoms. The highest BCUT2D eigenvalue weighted by Gasteiger charge is 2.23. The second-order valence-corrected chi connectivity index (χ2v) is 5.54. The molecule has 1 atom stereocenters. The smallest absolute Gasteiger partial charge is 0.140 e. The Morgan fingerprint density at radius 1 is 1.58 bits per heavy atom. The summed E-state index contributed by atoms with van der Waals surface area (Å²) < 4.78 is 0. The van der Waals surface area contributed by atoms with Crippen LogP contribution in [0.25, 0.3) is 0 Å². The van der Waals surface area contributed by atoms with Crippen LogP contribution in [0.3, 0.4) is 0 Å². The Morgan fingerprint density at radius 3 is 3.11 bits per heavy atom. The summed E-state index contributed by atoms with van der Waals surface area (Å²) in [5.74, 6) is 0.750. The summed E-state index contributed by atoms with van der Waals surface area (Å²) in [6.07, 6.45) is 2.98. The van der Waals surface area contributed by atoms with E-state index in [1.54, 1.807) is 6.20 Å². The number of nitrogens with zero attached hydrogens (tertiary/aromatic N) is 3. The molecule has 2 heterocycles. The van der Waals surface area contributed by atoms with Gasteiger partial charge < -0.3 is 10.2 Å². The van der Waals surface area contributed by atoms with Crippen molar-refractivity contribution < 1.29 is 0 Å². The Morgan fingerprint density at radius 2 is 2.42 bits per heavy atom. The maximum absolute atomic E-state index is 8.80. The molecule has 1 aromatic heterocycles. The summed E-state index contributed by atoms with van der Waals surface area (Å²) in [5.41, 5.74) is 1.62. The third-order valence-electron chi connectivity index (χ3n) is 3.75. The van der Waals surface area contributed by atoms with Crippen molar-refractivity contribution in [1.29, 1.82) is 5.26 Å². The van der Waals surface area contributed by atoms with Crippen molar-refractivity contribution in [3.63, 3.8) is 0 Å². The van der Waals surface area contributed by atoms with Crippen LogP contribution in [0.15, 0.2) is 18.3 Å². The lowest BCUT2D eigenvalue weighted by atomic mass is 10.1. The lowest BCUT2D eigenvalue weighted by molar-refractivity contribution is 0.264. The highest BCUT2D eigenvalue weighted by atomic mass is 15.2. The van der Waals surface area contributed by atoms with Gasteiger partial charge >= 0.3 is 0 Å². The van der Waals surface area contributed by atoms with Crippen LogP contribution < -0.4 is 5.32 Å². The number of hydrogen-bond acceptors (Lipinski definition) is 4. The van der Waals surface area contributed by atoms with Crippen LogP contribution in [0.1, 0.15) is 31.5 Å². The van der Waals surface area contributed by atoms with Crippen LogP contribution in [-0.4, -0.2) is 35.6 Å². The maximum atomic E-state index is 8.80. The predicted octanol–water partition coefficient (Wildman–Crippen LogP) is 1.77. The minimum atomic E-state index is 0.492. The van der Waals surface area contributed by atoms with Crippen LogP contribution in [-0.2, 0) is 6.54 Å². The first-order valence-electron chi connectivity index (χ1n) is 6.99. The van der Waals surface area contributed by atoms with Gasteiger partial charge in [0.25, 0.3) is 0 Å². The van der Waals surface area contributed by atoms with E-state index in [2.05, 4.69) is 35.1 Å². The number of nitriles is 1. The van der Waals surface area contributed by atoms with Crippen molar-refractivity contribution in [2.45, 2.75) is 32.9 Å². The van der Waals surface area contributed by atoms with Crippen LogP contribution in [0.4, 0.5) is 0 Å². The first kappa shape index (κ1) is 14.0. The van der Waals surface area contributed by atoms with E-state index in [1.165, 1.54) is 19.5 Å². The standard InChI is InChI=1S/C15H22N4/c1-12(2)19-6-4-14(11-19)10-17-9-13-3-5-18-15(7-13)8-16/h3,5,7,12,14,17H,4,6,9-11H2,1-2H3. The fourth-order valence-corrected chi connectivity index (χ4v) is 2.56. The monoisotopic (exact) mass is 258 g/mol. The molecule has 1 aliphatic heterocycles. The summed E-state index contributed by atoms with van der Waals surface area (Å²) in [5, 5.41) is 12.3. The van der Waals surface area contributed by atoms with Gasteiger partial charge in [-0.15, -0.1) is 0 Å². The Labute approximate surface area is 115 Å². The van der Waals surface area contributed by atoms with Crippen molar-refractivity contribution in [3.8, 4) is 6.07 Å². The molecule has 0 aliphatic carbocycles. The molecule has 0 aromatic carbocycles. The van der Waals surface area contributed by atoms with Crippen LogP contribution in [0, 0.1) is 17.2 Å². The maximum Gasteiger partial charge on any atom is 0.140 e. The van der Waals surface area contributed by atoms with Crippen molar-refractivity contribution in [2.75, 3.05) is 19.6 Å². The molecule has 0 radical (unpaired) electrons. The van der Waals surface area contributed by atoms with Gasteiger partial charge in [-0.3, -0.25) is 0 Å². The van der Waals surface area contributed by atoms with Gasteiger partial charge in [0.15, 0.2) is 0 Å². The van der Waals surface area contributed by atoms with Gasteiger partial charge in [0.1, 0.15) is 11.8 Å². The summed E-state index contributed by atoms with van der Waals surface area (Å²) in [6, 6.07) is 6.54. The number of hydrogen-bond donors (Lipinski definition) is 1. The lowest BCUT2D eigenvalue weighted by Gasteiger charge is -2.20. The molecule has 1 aromatic rings. The van der Waals surface area contributed by atoms with Gasteiger partial charge in [-0.05, 0) is 57.0 Å². The van der Waals surface area contributed by atoms with Crippen molar-refractivity contribution in [1.82, 2.24) is 15.2 Å². The minimum absolute atomic E-state index is 0.492. The van der Waals surface area contributed by atoms with E-state index in [9.17, 15) is 0 Å². The zero-order valence-corrected chi connectivity index (χ0v) is 11.8. The number of nitrogens with one attached hydrogen (secondary N) is 1. The lowest BCUT2D eigenvalue weighted by Crippen LogP contribution is -2.30. The largest absolute Gasteiger partial charge is 0.312 e. The van der Waals surface area contributed by atoms with Crippen LogP contribution in [0.2, 0.25) is 0 Å². The summed E-state index contributed by atoms with van der Waals surface area (Å²) in [4.78, 5) is 6.51. The summed E-state index contributed by atoms with van der Waals surface area (Å²) in [7, 11) is 0. The highest BCUT2D eigenvalue weighted by molar-refractivity contribution is 5.25. The number of aromatic nitrogens is 1. The van der Waals surface area contributed by atoms with Gasteiger partial charge in [-0.2, -0.15) is 5.26 Å². The van der Waals surface area contributed by atoms with E-state index in [1.807, 2.05) is 12.1 Å². The molecule has 102 valence electrons. The fourth-order valence-electron chi connectivity index (χ4n) is 2.56. The second kappa shape index (κ2) is 6.65. The molecule has 1 saturated heterocycles. The zero-order chi connectivity index (χ0) is 13.7. The number of pyridine rings is 1. The Bertz CT molecular complexity index is 450. The van der Waals surface area contributed by atoms with Crippen molar-refractivity contribution in [2.24, 2.45) is 5.92 Å². The first-order chi connectivity index (χ1) is 9.19. The average Bonchev–Trinajstić information content (AvgIpc) is 2.88. The summed E-state index contributed by atoms with van der Waals surface area (Å²) in [6.45, 7) is 8.80. The molecule has 2 rings (SSSR count). The molecule has 0 saturated carbocycles. The molecule has 4 nitrogen and oxygen atoms in total. The predicted molar refractivity (Wildman–Crippen MR) is 75.5 cm³/mol. The number of likely N-dealkylation sites (tertiary alicyclic amines) is 1. The van der Waals surface area contributed by atoms with E-state index in [-0.39, 0.29) is 0 Å². The molecule has 1 unspecified atom stereocenters. The number of rotatable bonds is 5. The first-order valence-corrected chi connectivity index (χ1v) is 6.99. The quantitative estimate of drug-likeness (QED) is 0.874. The molecule has 1 fully saturated rings. The molecule has 1 aliphatic rings.